The molecule has 0 N–H and O–H groups in total. The Hall–Kier alpha value is -8.61. The molecule has 0 bridgehead atoms. The molecular formula is C63H48BN5. The van der Waals surface area contributed by atoms with Crippen molar-refractivity contribution < 1.29 is 0 Å². The van der Waals surface area contributed by atoms with Crippen LogP contribution in [0.2, 0.25) is 0 Å². The van der Waals surface area contributed by atoms with Gasteiger partial charge in [-0.25, -0.2) is 4.98 Å². The molecule has 11 aromatic rings. The van der Waals surface area contributed by atoms with E-state index in [-0.39, 0.29) is 12.1 Å². The smallest absolute Gasteiger partial charge is 0.277 e. The van der Waals surface area contributed by atoms with Crippen LogP contribution in [0.15, 0.2) is 237 Å². The molecule has 2 aromatic heterocycles. The van der Waals surface area contributed by atoms with Crippen molar-refractivity contribution in [1.82, 2.24) is 9.38 Å². The first kappa shape index (κ1) is 40.7. The first-order valence-electron chi connectivity index (χ1n) is 23.9. The second kappa shape index (κ2) is 16.0. The Balaban J connectivity index is 1.08. The van der Waals surface area contributed by atoms with Gasteiger partial charge < -0.3 is 9.80 Å². The Kier molecular flexibility index (Phi) is 9.45. The van der Waals surface area contributed by atoms with Crippen molar-refractivity contribution in [2.45, 2.75) is 26.2 Å². The summed E-state index contributed by atoms with van der Waals surface area (Å²) in [5.74, 6) is 1.06. The molecule has 0 fully saturated rings. The maximum absolute atomic E-state index is 5.53. The number of pyridine rings is 1. The molecule has 0 aliphatic carbocycles. The molecule has 13 rings (SSSR count). The molecule has 9 aromatic carbocycles. The monoisotopic (exact) mass is 885 g/mol. The van der Waals surface area contributed by atoms with E-state index in [2.05, 4.69) is 277 Å². The van der Waals surface area contributed by atoms with E-state index in [0.717, 1.165) is 68.1 Å². The van der Waals surface area contributed by atoms with Gasteiger partial charge in [-0.2, -0.15) is 0 Å². The van der Waals surface area contributed by atoms with Gasteiger partial charge in [0.25, 0.3) is 6.71 Å². The molecule has 5 nitrogen and oxygen atoms in total. The fourth-order valence-electron chi connectivity index (χ4n) is 10.9. The van der Waals surface area contributed by atoms with E-state index in [1.165, 1.54) is 44.0 Å². The standard InChI is InChI=1S/C63H48BN5/c1-63(2,3)46-35-38-55(53(41-46)44-20-7-4-8-21-44)67(49-29-17-24-45(40-49)52-31-18-23-43-22-13-14-30-51(43)52)50-36-37-54-58(42-50)68(47-25-9-5-10-26-47)56-32-19-33-57-60(56)64(54)61-62(66-39-16-15-34-59(66)65-61)69(57)48-27-11-6-12-28-48/h4-42H,1-3H3. The second-order valence-corrected chi connectivity index (χ2v) is 19.2. The van der Waals surface area contributed by atoms with Gasteiger partial charge in [0, 0.05) is 51.6 Å². The molecule has 0 saturated carbocycles. The number of nitrogens with zero attached hydrogens (tertiary/aromatic N) is 5. The van der Waals surface area contributed by atoms with Crippen molar-refractivity contribution in [1.29, 1.82) is 0 Å². The van der Waals surface area contributed by atoms with Crippen molar-refractivity contribution in [3.05, 3.63) is 242 Å². The number of hydrogen-bond acceptors (Lipinski definition) is 4. The average molecular weight is 886 g/mol. The molecule has 0 atom stereocenters. The van der Waals surface area contributed by atoms with Crippen LogP contribution in [-0.2, 0) is 5.41 Å². The van der Waals surface area contributed by atoms with Crippen molar-refractivity contribution >= 4 is 91.0 Å². The summed E-state index contributed by atoms with van der Waals surface area (Å²) in [7, 11) is 0. The van der Waals surface area contributed by atoms with E-state index < -0.39 is 0 Å². The number of anilines is 9. The van der Waals surface area contributed by atoms with Gasteiger partial charge in [0.1, 0.15) is 11.5 Å². The molecule has 328 valence electrons. The molecule has 0 unspecified atom stereocenters. The molecule has 0 spiro atoms. The van der Waals surface area contributed by atoms with Crippen LogP contribution in [-0.4, -0.2) is 16.1 Å². The van der Waals surface area contributed by atoms with Crippen LogP contribution in [0.3, 0.4) is 0 Å². The third-order valence-electron chi connectivity index (χ3n) is 14.1. The van der Waals surface area contributed by atoms with Gasteiger partial charge in [0.15, 0.2) is 0 Å². The number of imidazole rings is 1. The van der Waals surface area contributed by atoms with Crippen LogP contribution in [0.25, 0.3) is 38.7 Å². The van der Waals surface area contributed by atoms with E-state index in [1.54, 1.807) is 0 Å². The number of rotatable bonds is 7. The van der Waals surface area contributed by atoms with Gasteiger partial charge in [-0.05, 0) is 134 Å². The number of fused-ring (bicyclic) bond motifs is 7. The summed E-state index contributed by atoms with van der Waals surface area (Å²) in [5.41, 5.74) is 19.2. The fourth-order valence-corrected chi connectivity index (χ4v) is 10.9. The molecule has 2 aliphatic rings. The third kappa shape index (κ3) is 6.66. The number of para-hydroxylation sites is 2. The predicted octanol–water partition coefficient (Wildman–Crippen LogP) is 14.7. The lowest BCUT2D eigenvalue weighted by molar-refractivity contribution is 0.590. The lowest BCUT2D eigenvalue weighted by Crippen LogP contribution is -2.61. The number of hydrogen-bond donors (Lipinski definition) is 0. The van der Waals surface area contributed by atoms with E-state index in [1.807, 2.05) is 0 Å². The summed E-state index contributed by atoms with van der Waals surface area (Å²) in [6.45, 7) is 6.76. The summed E-state index contributed by atoms with van der Waals surface area (Å²) in [4.78, 5) is 12.9. The zero-order chi connectivity index (χ0) is 46.2. The highest BCUT2D eigenvalue weighted by molar-refractivity contribution is 7.00. The van der Waals surface area contributed by atoms with Crippen molar-refractivity contribution in [3.63, 3.8) is 0 Å². The van der Waals surface area contributed by atoms with Crippen LogP contribution in [0.5, 0.6) is 0 Å². The lowest BCUT2D eigenvalue weighted by atomic mass is 9.35. The molecule has 2 aliphatic heterocycles. The van der Waals surface area contributed by atoms with E-state index in [9.17, 15) is 0 Å². The first-order valence-corrected chi connectivity index (χ1v) is 23.9. The van der Waals surface area contributed by atoms with E-state index in [4.69, 9.17) is 4.98 Å². The summed E-state index contributed by atoms with van der Waals surface area (Å²) in [6, 6.07) is 84.2. The van der Waals surface area contributed by atoms with E-state index in [0.29, 0.717) is 0 Å². The summed E-state index contributed by atoms with van der Waals surface area (Å²) in [6.07, 6.45) is 2.15. The maximum Gasteiger partial charge on any atom is 0.277 e. The number of benzene rings is 9. The van der Waals surface area contributed by atoms with Crippen LogP contribution < -0.4 is 31.2 Å². The minimum Gasteiger partial charge on any atom is -0.311 e. The molecule has 4 heterocycles. The predicted molar refractivity (Wildman–Crippen MR) is 291 cm³/mol. The first-order chi connectivity index (χ1) is 33.9. The normalized spacial score (nSPS) is 12.8. The van der Waals surface area contributed by atoms with Crippen LogP contribution in [0, 0.1) is 0 Å². The fraction of sp³-hybridized carbons (Fsp3) is 0.0635. The van der Waals surface area contributed by atoms with Crippen molar-refractivity contribution in [3.8, 4) is 22.3 Å². The highest BCUT2D eigenvalue weighted by atomic mass is 15.3. The SMILES string of the molecule is CC(C)(C)c1ccc(N(c2cccc(-c3cccc4ccccc34)c2)c2ccc3c(c2)N(c2ccccc2)c2cccc4c2B3c2nc3ccccn3c2N4c2ccccc2)c(-c2ccccc2)c1. The van der Waals surface area contributed by atoms with Gasteiger partial charge in [-0.1, -0.05) is 166 Å². The second-order valence-electron chi connectivity index (χ2n) is 19.2. The third-order valence-corrected chi connectivity index (χ3v) is 14.1. The minimum atomic E-state index is -0.135. The molecule has 0 radical (unpaired) electrons. The van der Waals surface area contributed by atoms with Gasteiger partial charge in [-0.15, -0.1) is 0 Å². The molecule has 0 amide bonds. The molecule has 0 saturated heterocycles. The zero-order valence-electron chi connectivity index (χ0n) is 38.8. The number of aromatic nitrogens is 2. The van der Waals surface area contributed by atoms with Gasteiger partial charge in [0.05, 0.1) is 11.3 Å². The van der Waals surface area contributed by atoms with Crippen molar-refractivity contribution in [2.75, 3.05) is 14.7 Å². The highest BCUT2D eigenvalue weighted by Crippen LogP contribution is 2.48. The van der Waals surface area contributed by atoms with Gasteiger partial charge >= 0.3 is 0 Å². The Morgan fingerprint density at radius 3 is 1.90 bits per heavy atom. The topological polar surface area (TPSA) is 27.0 Å². The summed E-state index contributed by atoms with van der Waals surface area (Å²) >= 11 is 0. The Morgan fingerprint density at radius 1 is 0.478 bits per heavy atom. The minimum absolute atomic E-state index is 0.0533. The highest BCUT2D eigenvalue weighted by Gasteiger charge is 2.46. The zero-order valence-corrected chi connectivity index (χ0v) is 38.8. The summed E-state index contributed by atoms with van der Waals surface area (Å²) < 4.78 is 2.26. The van der Waals surface area contributed by atoms with Crippen LogP contribution >= 0.6 is 0 Å². The molecule has 6 heteroatoms. The summed E-state index contributed by atoms with van der Waals surface area (Å²) in [5, 5.41) is 2.46. The maximum atomic E-state index is 5.53. The van der Waals surface area contributed by atoms with Crippen LogP contribution in [0.4, 0.5) is 51.3 Å². The van der Waals surface area contributed by atoms with Gasteiger partial charge in [0.2, 0.25) is 0 Å². The molecule has 69 heavy (non-hydrogen) atoms. The average Bonchev–Trinajstić information content (AvgIpc) is 3.78. The lowest BCUT2D eigenvalue weighted by Gasteiger charge is -2.43. The Labute approximate surface area is 403 Å². The van der Waals surface area contributed by atoms with E-state index >= 15 is 0 Å². The molecular weight excluding hydrogens is 838 g/mol. The quantitative estimate of drug-likeness (QED) is 0.149. The largest absolute Gasteiger partial charge is 0.311 e. The van der Waals surface area contributed by atoms with Crippen molar-refractivity contribution in [2.24, 2.45) is 0 Å². The van der Waals surface area contributed by atoms with Gasteiger partial charge in [-0.3, -0.25) is 9.30 Å². The Morgan fingerprint density at radius 2 is 1.12 bits per heavy atom. The Bertz CT molecular complexity index is 3740. The van der Waals surface area contributed by atoms with Crippen LogP contribution in [0.1, 0.15) is 26.3 Å².